The Hall–Kier alpha value is -1.65. The van der Waals surface area contributed by atoms with Gasteiger partial charge in [0.05, 0.1) is 5.41 Å². The number of hydrogen-bond donors (Lipinski definition) is 0. The molecule has 5 nitrogen and oxygen atoms in total. The molecule has 4 saturated carbocycles. The van der Waals surface area contributed by atoms with Crippen LogP contribution in [0, 0.1) is 22.2 Å². The summed E-state index contributed by atoms with van der Waals surface area (Å²) in [5.74, 6) is 2.01. The highest BCUT2D eigenvalue weighted by atomic mass is 16.2. The lowest BCUT2D eigenvalue weighted by Gasteiger charge is -2.65. The van der Waals surface area contributed by atoms with Gasteiger partial charge in [-0.05, 0) is 61.3 Å². The first kappa shape index (κ1) is 16.5. The molecule has 1 amide bonds. The van der Waals surface area contributed by atoms with Crippen LogP contribution >= 0.6 is 0 Å². The fraction of sp³-hybridized carbons (Fsp3) is 0.762. The lowest BCUT2D eigenvalue weighted by Crippen LogP contribution is -2.62. The van der Waals surface area contributed by atoms with Crippen molar-refractivity contribution < 1.29 is 4.79 Å². The minimum Gasteiger partial charge on any atom is -0.339 e. The summed E-state index contributed by atoms with van der Waals surface area (Å²) >= 11 is 0. The Morgan fingerprint density at radius 1 is 0.962 bits per heavy atom. The quantitative estimate of drug-likeness (QED) is 0.819. The number of amides is 1. The summed E-state index contributed by atoms with van der Waals surface area (Å²) in [6.45, 7) is 8.17. The topological polar surface area (TPSA) is 49.3 Å². The van der Waals surface area contributed by atoms with Crippen LogP contribution in [0.3, 0.4) is 0 Å². The van der Waals surface area contributed by atoms with Gasteiger partial charge in [-0.25, -0.2) is 9.97 Å². The standard InChI is InChI=1S/C21H30N4O/c1-19-10-16-11-20(2,13-19)15-21(12-16,14-19)17(26)24-6-8-25(9-7-24)18-22-4-3-5-23-18/h3-5,16H,6-15H2,1-2H3. The average molecular weight is 354 g/mol. The Bertz CT molecular complexity index is 694. The normalized spacial score (nSPS) is 41.5. The van der Waals surface area contributed by atoms with E-state index >= 15 is 0 Å². The van der Waals surface area contributed by atoms with E-state index < -0.39 is 0 Å². The van der Waals surface area contributed by atoms with E-state index in [1.165, 1.54) is 19.3 Å². The molecular formula is C21H30N4O. The van der Waals surface area contributed by atoms with Gasteiger partial charge in [-0.1, -0.05) is 13.8 Å². The highest BCUT2D eigenvalue weighted by molar-refractivity contribution is 5.84. The molecular weight excluding hydrogens is 324 g/mol. The molecule has 4 aliphatic carbocycles. The zero-order valence-electron chi connectivity index (χ0n) is 16.1. The van der Waals surface area contributed by atoms with Crippen molar-refractivity contribution in [1.29, 1.82) is 0 Å². The molecule has 140 valence electrons. The van der Waals surface area contributed by atoms with Crippen molar-refractivity contribution in [3.63, 3.8) is 0 Å². The molecule has 1 aromatic rings. The molecule has 1 saturated heterocycles. The zero-order valence-corrected chi connectivity index (χ0v) is 16.1. The number of piperazine rings is 1. The van der Waals surface area contributed by atoms with E-state index in [1.54, 1.807) is 12.4 Å². The van der Waals surface area contributed by atoms with Crippen LogP contribution in [0.1, 0.15) is 52.4 Å². The predicted octanol–water partition coefficient (Wildman–Crippen LogP) is 3.12. The Morgan fingerprint density at radius 3 is 2.15 bits per heavy atom. The van der Waals surface area contributed by atoms with E-state index in [2.05, 4.69) is 33.6 Å². The summed E-state index contributed by atoms with van der Waals surface area (Å²) in [6, 6.07) is 1.84. The maximum absolute atomic E-state index is 13.7. The number of carbonyl (C=O) groups is 1. The molecule has 0 spiro atoms. The minimum absolute atomic E-state index is 0.0751. The van der Waals surface area contributed by atoms with E-state index in [-0.39, 0.29) is 5.41 Å². The van der Waals surface area contributed by atoms with Gasteiger partial charge in [0.2, 0.25) is 11.9 Å². The third kappa shape index (κ3) is 2.54. The van der Waals surface area contributed by atoms with Crippen molar-refractivity contribution in [3.05, 3.63) is 18.5 Å². The smallest absolute Gasteiger partial charge is 0.228 e. The van der Waals surface area contributed by atoms with Gasteiger partial charge in [0.15, 0.2) is 0 Å². The average Bonchev–Trinajstić information content (AvgIpc) is 2.59. The third-order valence-electron chi connectivity index (χ3n) is 7.48. The van der Waals surface area contributed by atoms with E-state index in [0.717, 1.165) is 57.3 Å². The summed E-state index contributed by atoms with van der Waals surface area (Å²) in [5, 5.41) is 0. The number of anilines is 1. The molecule has 2 unspecified atom stereocenters. The first-order chi connectivity index (χ1) is 12.4. The maximum Gasteiger partial charge on any atom is 0.228 e. The third-order valence-corrected chi connectivity index (χ3v) is 7.48. The van der Waals surface area contributed by atoms with Gasteiger partial charge in [0, 0.05) is 38.6 Å². The summed E-state index contributed by atoms with van der Waals surface area (Å²) in [5.41, 5.74) is 0.710. The van der Waals surface area contributed by atoms with E-state index in [4.69, 9.17) is 0 Å². The molecule has 6 rings (SSSR count). The Labute approximate surface area is 156 Å². The summed E-state index contributed by atoms with van der Waals surface area (Å²) in [4.78, 5) is 26.7. The summed E-state index contributed by atoms with van der Waals surface area (Å²) in [7, 11) is 0. The Morgan fingerprint density at radius 2 is 1.58 bits per heavy atom. The van der Waals surface area contributed by atoms with Crippen molar-refractivity contribution in [2.24, 2.45) is 22.2 Å². The Balaban J connectivity index is 1.32. The van der Waals surface area contributed by atoms with Crippen molar-refractivity contribution >= 4 is 11.9 Å². The summed E-state index contributed by atoms with van der Waals surface area (Å²) < 4.78 is 0. The van der Waals surface area contributed by atoms with Crippen molar-refractivity contribution in [2.45, 2.75) is 52.4 Å². The van der Waals surface area contributed by atoms with E-state index in [1.807, 2.05) is 6.07 Å². The molecule has 5 heteroatoms. The van der Waals surface area contributed by atoms with Gasteiger partial charge in [0.1, 0.15) is 0 Å². The van der Waals surface area contributed by atoms with Crippen LogP contribution < -0.4 is 4.90 Å². The van der Waals surface area contributed by atoms with Crippen LogP contribution in [-0.2, 0) is 4.79 Å². The fourth-order valence-corrected chi connectivity index (χ4v) is 7.59. The van der Waals surface area contributed by atoms with Crippen LogP contribution in [0.2, 0.25) is 0 Å². The molecule has 2 heterocycles. The SMILES string of the molecule is CC12CC3CC(C)(C1)CC(C(=O)N1CCN(c4ncccn4)CC1)(C3)C2. The second kappa shape index (κ2) is 5.43. The zero-order chi connectivity index (χ0) is 18.0. The molecule has 26 heavy (non-hydrogen) atoms. The van der Waals surface area contributed by atoms with Gasteiger partial charge in [-0.3, -0.25) is 4.79 Å². The number of rotatable bonds is 2. The first-order valence-electron chi connectivity index (χ1n) is 10.2. The predicted molar refractivity (Wildman–Crippen MR) is 101 cm³/mol. The van der Waals surface area contributed by atoms with Crippen LogP contribution in [-0.4, -0.2) is 47.0 Å². The molecule has 4 bridgehead atoms. The fourth-order valence-electron chi connectivity index (χ4n) is 7.59. The molecule has 0 radical (unpaired) electrons. The molecule has 1 aliphatic heterocycles. The molecule has 5 aliphatic rings. The van der Waals surface area contributed by atoms with Crippen molar-refractivity contribution in [1.82, 2.24) is 14.9 Å². The van der Waals surface area contributed by atoms with Gasteiger partial charge >= 0.3 is 0 Å². The summed E-state index contributed by atoms with van der Waals surface area (Å²) in [6.07, 6.45) is 11.0. The van der Waals surface area contributed by atoms with Crippen molar-refractivity contribution in [2.75, 3.05) is 31.1 Å². The van der Waals surface area contributed by atoms with Gasteiger partial charge in [-0.2, -0.15) is 0 Å². The Kier molecular flexibility index (Phi) is 3.45. The second-order valence-corrected chi connectivity index (χ2v) is 10.2. The largest absolute Gasteiger partial charge is 0.339 e. The minimum atomic E-state index is -0.0751. The number of aromatic nitrogens is 2. The van der Waals surface area contributed by atoms with Gasteiger partial charge in [0.25, 0.3) is 0 Å². The highest BCUT2D eigenvalue weighted by Gasteiger charge is 2.63. The van der Waals surface area contributed by atoms with Crippen LogP contribution in [0.15, 0.2) is 18.5 Å². The lowest BCUT2D eigenvalue weighted by atomic mass is 9.40. The highest BCUT2D eigenvalue weighted by Crippen LogP contribution is 2.69. The molecule has 0 aromatic carbocycles. The first-order valence-corrected chi connectivity index (χ1v) is 10.2. The van der Waals surface area contributed by atoms with E-state index in [9.17, 15) is 4.79 Å². The van der Waals surface area contributed by atoms with Gasteiger partial charge in [-0.15, -0.1) is 0 Å². The van der Waals surface area contributed by atoms with Crippen LogP contribution in [0.25, 0.3) is 0 Å². The van der Waals surface area contributed by atoms with Crippen molar-refractivity contribution in [3.8, 4) is 0 Å². The maximum atomic E-state index is 13.7. The van der Waals surface area contributed by atoms with Crippen LogP contribution in [0.4, 0.5) is 5.95 Å². The lowest BCUT2D eigenvalue weighted by molar-refractivity contribution is -0.179. The van der Waals surface area contributed by atoms with Crippen LogP contribution in [0.5, 0.6) is 0 Å². The number of carbonyl (C=O) groups excluding carboxylic acids is 1. The molecule has 0 N–H and O–H groups in total. The van der Waals surface area contributed by atoms with E-state index in [0.29, 0.717) is 16.7 Å². The second-order valence-electron chi connectivity index (χ2n) is 10.2. The monoisotopic (exact) mass is 354 g/mol. The number of hydrogen-bond acceptors (Lipinski definition) is 4. The number of nitrogens with zero attached hydrogens (tertiary/aromatic N) is 4. The molecule has 2 atom stereocenters. The van der Waals surface area contributed by atoms with Gasteiger partial charge < -0.3 is 9.80 Å². The molecule has 1 aromatic heterocycles. The molecule has 5 fully saturated rings.